The van der Waals surface area contributed by atoms with Crippen LogP contribution < -0.4 is 37.2 Å². The molecule has 4 amide bonds. The second kappa shape index (κ2) is 72.2. The Kier molecular flexibility index (Phi) is 71.7. The van der Waals surface area contributed by atoms with Crippen LogP contribution in [-0.2, 0) is 115 Å². The van der Waals surface area contributed by atoms with Gasteiger partial charge >= 0.3 is 0 Å². The second-order valence-corrected chi connectivity index (χ2v) is 27.8. The number of hydrogen-bond donors (Lipinski definition) is 7. The molecule has 0 saturated heterocycles. The van der Waals surface area contributed by atoms with Gasteiger partial charge < -0.3 is 60.3 Å². The van der Waals surface area contributed by atoms with E-state index in [-0.39, 0.29) is 313 Å². The van der Waals surface area contributed by atoms with Gasteiger partial charge in [-0.25, -0.2) is 0 Å². The van der Waals surface area contributed by atoms with Crippen LogP contribution in [0.2, 0.25) is 0 Å². The van der Waals surface area contributed by atoms with Crippen molar-refractivity contribution >= 4 is 105 Å². The van der Waals surface area contributed by atoms with Crippen molar-refractivity contribution in [1.82, 2.24) is 37.2 Å². The van der Waals surface area contributed by atoms with Crippen LogP contribution >= 0.6 is 0 Å². The quantitative estimate of drug-likeness (QED) is 0.0301. The molecule has 0 aromatic rings. The molecule has 0 aromatic carbocycles. The van der Waals surface area contributed by atoms with Crippen molar-refractivity contribution in [1.29, 1.82) is 0 Å². The normalized spacial score (nSPS) is 13.1. The Morgan fingerprint density at radius 3 is 1.14 bits per heavy atom. The maximum absolute atomic E-state index is 14.8. The molecule has 0 aliphatic carbocycles. The van der Waals surface area contributed by atoms with Gasteiger partial charge in [0.05, 0.1) is 103 Å². The van der Waals surface area contributed by atoms with E-state index >= 15 is 0 Å². The van der Waals surface area contributed by atoms with Gasteiger partial charge in [0, 0.05) is 167 Å². The number of carbonyl (C=O) groups excluding carboxylic acids is 18. The van der Waals surface area contributed by atoms with Gasteiger partial charge in [0.15, 0.2) is 23.1 Å². The first kappa shape index (κ1) is 114. The van der Waals surface area contributed by atoms with Crippen LogP contribution in [0.5, 0.6) is 0 Å². The zero-order chi connectivity index (χ0) is 84.0. The Morgan fingerprint density at radius 1 is 0.270 bits per heavy atom. The third-order valence-corrected chi connectivity index (χ3v) is 19.2. The van der Waals surface area contributed by atoms with Crippen LogP contribution in [0.3, 0.4) is 0 Å². The van der Waals surface area contributed by atoms with E-state index < -0.39 is 127 Å². The highest BCUT2D eigenvalue weighted by molar-refractivity contribution is 5.96. The summed E-state index contributed by atoms with van der Waals surface area (Å²) in [5, 5.41) is 19.6. The lowest BCUT2D eigenvalue weighted by Crippen LogP contribution is -2.49. The van der Waals surface area contributed by atoms with E-state index in [0.717, 1.165) is 0 Å². The number of hydrogen-bond acceptors (Lipinski definition) is 27. The van der Waals surface area contributed by atoms with Crippen LogP contribution in [0.15, 0.2) is 0 Å². The number of ketones is 14. The molecule has 0 spiro atoms. The van der Waals surface area contributed by atoms with Crippen LogP contribution in [0.25, 0.3) is 0 Å². The third-order valence-electron chi connectivity index (χ3n) is 19.2. The van der Waals surface area contributed by atoms with Crippen LogP contribution in [0, 0.1) is 17.8 Å². The van der Waals surface area contributed by atoms with Crippen molar-refractivity contribution in [2.45, 2.75) is 301 Å². The maximum atomic E-state index is 14.8. The highest BCUT2D eigenvalue weighted by Gasteiger charge is 2.32. The lowest BCUT2D eigenvalue weighted by Gasteiger charge is -2.24. The van der Waals surface area contributed by atoms with Crippen LogP contribution in [0.1, 0.15) is 271 Å². The van der Waals surface area contributed by atoms with Crippen molar-refractivity contribution in [2.24, 2.45) is 17.8 Å². The fourth-order valence-corrected chi connectivity index (χ4v) is 11.8. The Morgan fingerprint density at radius 2 is 0.643 bits per heavy atom. The summed E-state index contributed by atoms with van der Waals surface area (Å²) in [5.74, 6) is -9.26. The van der Waals surface area contributed by atoms with Crippen molar-refractivity contribution in [3.8, 4) is 0 Å². The Bertz CT molecular complexity index is 2930. The van der Waals surface area contributed by atoms with Gasteiger partial charge in [-0.15, -0.1) is 0 Å². The van der Waals surface area contributed by atoms with E-state index in [9.17, 15) is 86.3 Å². The summed E-state index contributed by atoms with van der Waals surface area (Å²) in [6.45, 7) is 15.3. The SMILES string of the molecule is C.C.C.CCOCCOCC(=O)CNC(CCC(=O)NCCOCCOCC(=O)CC(CCC(=O)NC(CCC(=O)CNC(CCC(=O)CC)C(=O)CC)C(=O)CCC(CCC(=O)CC)C(=O)CC)C(=O)NC(CCC(=O)CCC(CCC(=O)CC)C(=O)CC)C(=O)CNC(CCC(=O)CC)C(=O)CC)C(=O)NCCOCCOC. The molecule has 0 aliphatic rings. The number of Topliss-reactive ketones (excluding diaryl/α,β-unsaturated/α-hetero) is 14. The maximum Gasteiger partial charge on any atom is 0.237 e. The molecule has 0 fully saturated rings. The Balaban J connectivity index is -0.0000205. The summed E-state index contributed by atoms with van der Waals surface area (Å²) in [4.78, 5) is 239. The average molecular weight is 1640 g/mol. The predicted octanol–water partition coefficient (Wildman–Crippen LogP) is 7.01. The van der Waals surface area contributed by atoms with Crippen molar-refractivity contribution in [3.63, 3.8) is 0 Å². The summed E-state index contributed by atoms with van der Waals surface area (Å²) >= 11 is 0. The molecule has 8 atom stereocenters. The van der Waals surface area contributed by atoms with Crippen molar-refractivity contribution in [2.75, 3.05) is 113 Å². The zero-order valence-electron chi connectivity index (χ0n) is 68.7. The standard InChI is InChI=1S/C81H135N7O24.3CH4/c1-11-59(89)25-20-56(72(97)15-5)22-27-63(93)30-34-70(77(102)53-86-68(75(100)18-8)33-29-62(92)14-4)88-80(105)58(50-65(95)54-111-49-47-110-42-40-82-78(103)39-36-71(81(106)83-41-43-109-45-44-107-10)85-52-66(96)55-112-48-46-108-19-9)24-38-79(104)87-69(76(101)37-23-57(73(98)16-6)21-26-60(90)12-2)35-31-64(94)51-84-67(74(99)17-7)32-28-61(91)13-3;;;/h56-58,67-71,84-86H,11-55H2,1-10H3,(H,82,103)(H,83,106)(H,87,104)(H,88,105);3*1H4. The third kappa shape index (κ3) is 56.8. The first-order valence-electron chi connectivity index (χ1n) is 40.6. The zero-order valence-corrected chi connectivity index (χ0v) is 68.7. The minimum Gasteiger partial charge on any atom is -0.382 e. The van der Waals surface area contributed by atoms with Gasteiger partial charge in [0.25, 0.3) is 0 Å². The first-order chi connectivity index (χ1) is 53.6. The van der Waals surface area contributed by atoms with E-state index in [1.807, 2.05) is 6.92 Å². The minimum atomic E-state index is -1.45. The van der Waals surface area contributed by atoms with Crippen molar-refractivity contribution in [3.05, 3.63) is 0 Å². The molecule has 0 aliphatic heterocycles. The van der Waals surface area contributed by atoms with E-state index in [0.29, 0.717) is 26.4 Å². The number of methoxy groups -OCH3 is 1. The smallest absolute Gasteiger partial charge is 0.237 e. The molecule has 7 N–H and O–H groups in total. The first-order valence-corrected chi connectivity index (χ1v) is 40.6. The number of nitrogens with one attached hydrogen (secondary N) is 7. The van der Waals surface area contributed by atoms with E-state index in [4.69, 9.17) is 28.4 Å². The lowest BCUT2D eigenvalue weighted by atomic mass is 9.88. The summed E-state index contributed by atoms with van der Waals surface area (Å²) in [6, 6.07) is -5.43. The van der Waals surface area contributed by atoms with Crippen LogP contribution in [-0.4, -0.2) is 247 Å². The van der Waals surface area contributed by atoms with Gasteiger partial charge in [-0.3, -0.25) is 91.6 Å². The summed E-state index contributed by atoms with van der Waals surface area (Å²) in [6.07, 6.45) is -0.182. The number of rotatable bonds is 79. The largest absolute Gasteiger partial charge is 0.382 e. The average Bonchev–Trinajstić information content (AvgIpc) is 0.904. The minimum absolute atomic E-state index is 0. The lowest BCUT2D eigenvalue weighted by molar-refractivity contribution is -0.135. The molecular weight excluding hydrogens is 1490 g/mol. The molecule has 8 unspecified atom stereocenters. The molecule has 115 heavy (non-hydrogen) atoms. The molecular formula is C84H147N7O24. The number of carbonyl (C=O) groups is 18. The topological polar surface area (TPSA) is 447 Å². The van der Waals surface area contributed by atoms with Gasteiger partial charge in [-0.1, -0.05) is 77.7 Å². The summed E-state index contributed by atoms with van der Waals surface area (Å²) < 4.78 is 32.2. The van der Waals surface area contributed by atoms with Crippen molar-refractivity contribution < 1.29 is 115 Å². The van der Waals surface area contributed by atoms with E-state index in [2.05, 4.69) is 37.2 Å². The molecule has 0 aromatic heterocycles. The summed E-state index contributed by atoms with van der Waals surface area (Å²) in [5.41, 5.74) is 0. The van der Waals surface area contributed by atoms with Crippen LogP contribution in [0.4, 0.5) is 0 Å². The predicted molar refractivity (Wildman–Crippen MR) is 437 cm³/mol. The highest BCUT2D eigenvalue weighted by Crippen LogP contribution is 2.22. The molecule has 0 rings (SSSR count). The van der Waals surface area contributed by atoms with Gasteiger partial charge in [0.2, 0.25) is 23.6 Å². The van der Waals surface area contributed by atoms with E-state index in [1.165, 1.54) is 7.11 Å². The summed E-state index contributed by atoms with van der Waals surface area (Å²) in [7, 11) is 1.53. The molecule has 662 valence electrons. The monoisotopic (exact) mass is 1640 g/mol. The second-order valence-electron chi connectivity index (χ2n) is 27.8. The van der Waals surface area contributed by atoms with Gasteiger partial charge in [-0.2, -0.15) is 0 Å². The fraction of sp³-hybridized carbons (Fsp3) is 0.786. The molecule has 0 saturated carbocycles. The Hall–Kier alpha value is -7.10. The molecule has 0 radical (unpaired) electrons. The fourth-order valence-electron chi connectivity index (χ4n) is 11.8. The molecule has 0 heterocycles. The number of ether oxygens (including phenoxy) is 6. The molecule has 31 heteroatoms. The van der Waals surface area contributed by atoms with E-state index in [1.54, 1.807) is 55.4 Å². The molecule has 31 nitrogen and oxygen atoms in total. The van der Waals surface area contributed by atoms with Gasteiger partial charge in [0.1, 0.15) is 71.0 Å². The number of amides is 4. The van der Waals surface area contributed by atoms with Gasteiger partial charge in [-0.05, 0) is 71.1 Å². The highest BCUT2D eigenvalue weighted by atomic mass is 16.5. The Labute approximate surface area is 684 Å². The molecule has 0 bridgehead atoms.